The number of H-pyrrole nitrogens is 1. The number of aromatic nitrogens is 2. The van der Waals surface area contributed by atoms with E-state index in [9.17, 15) is 0 Å². The number of aromatic amines is 1. The Balaban J connectivity index is 0.995. The van der Waals surface area contributed by atoms with Gasteiger partial charge in [0.1, 0.15) is 0 Å². The molecule has 0 unspecified atom stereocenters. The van der Waals surface area contributed by atoms with Gasteiger partial charge < -0.3 is 9.55 Å². The van der Waals surface area contributed by atoms with Gasteiger partial charge in [0, 0.05) is 44.2 Å². The van der Waals surface area contributed by atoms with E-state index in [0.717, 1.165) is 0 Å². The normalized spacial score (nSPS) is 12.4. The zero-order valence-electron chi connectivity index (χ0n) is 27.0. The number of para-hydroxylation sites is 3. The third-order valence-corrected chi connectivity index (χ3v) is 11.2. The van der Waals surface area contributed by atoms with Gasteiger partial charge in [-0.2, -0.15) is 0 Å². The van der Waals surface area contributed by atoms with E-state index in [2.05, 4.69) is 173 Å². The molecule has 2 aromatic heterocycles. The van der Waals surface area contributed by atoms with E-state index < -0.39 is 0 Å². The van der Waals surface area contributed by atoms with E-state index in [1.165, 1.54) is 116 Å². The summed E-state index contributed by atoms with van der Waals surface area (Å²) in [4.78, 5) is 3.72. The van der Waals surface area contributed by atoms with Gasteiger partial charge in [-0.05, 0) is 79.2 Å². The van der Waals surface area contributed by atoms with E-state index in [1.807, 2.05) is 0 Å². The molecule has 2 aliphatic carbocycles. The highest BCUT2D eigenvalue weighted by Gasteiger charge is 2.30. The Morgan fingerprint density at radius 1 is 0.360 bits per heavy atom. The van der Waals surface area contributed by atoms with Crippen molar-refractivity contribution in [3.8, 4) is 72.7 Å². The molecule has 8 aromatic carbocycles. The number of hydrogen-bond donors (Lipinski definition) is 1. The molecule has 0 radical (unpaired) electrons. The fourth-order valence-electron chi connectivity index (χ4n) is 9.21. The molecule has 0 fully saturated rings. The SMILES string of the molecule is c1ccc(-n2c3c(c4ccccc42)-c2ccc(-c4ccc(-c5ccc6c7c(cccc57)-c5[nH]c7ccccc7c5-6)cc4)c4cccc-3c24)cc1. The smallest absolute Gasteiger partial charge is 0.0626 e. The molecule has 0 saturated heterocycles. The molecule has 0 atom stereocenters. The van der Waals surface area contributed by atoms with Crippen LogP contribution < -0.4 is 0 Å². The van der Waals surface area contributed by atoms with Crippen LogP contribution in [0.3, 0.4) is 0 Å². The standard InChI is InChI=1S/C48H28N2/c1-2-10-30(11-3-1)50-42-19-7-5-13-36(42)46-38-27-25-32(34-15-9-17-40(44(34)38)48(46)50)29-22-20-28(21-23-29)31-24-26-37-43-33(31)14-8-16-39(43)47-45(37)35-12-4-6-18-41(35)49-47/h1-27,49H. The maximum atomic E-state index is 3.72. The summed E-state index contributed by atoms with van der Waals surface area (Å²) >= 11 is 0. The first kappa shape index (κ1) is 26.3. The van der Waals surface area contributed by atoms with Crippen molar-refractivity contribution >= 4 is 43.4 Å². The van der Waals surface area contributed by atoms with E-state index in [-0.39, 0.29) is 0 Å². The molecule has 230 valence electrons. The first-order valence-electron chi connectivity index (χ1n) is 17.4. The first-order chi connectivity index (χ1) is 24.8. The predicted molar refractivity (Wildman–Crippen MR) is 210 cm³/mol. The lowest BCUT2D eigenvalue weighted by molar-refractivity contribution is 1.14. The number of nitrogens with zero attached hydrogens (tertiary/aromatic N) is 1. The van der Waals surface area contributed by atoms with Crippen molar-refractivity contribution < 1.29 is 0 Å². The molecule has 0 bridgehead atoms. The summed E-state index contributed by atoms with van der Waals surface area (Å²) < 4.78 is 2.45. The molecule has 50 heavy (non-hydrogen) atoms. The third kappa shape index (κ3) is 3.28. The minimum Gasteiger partial charge on any atom is -0.354 e. The molecular weight excluding hydrogens is 605 g/mol. The zero-order chi connectivity index (χ0) is 32.5. The van der Waals surface area contributed by atoms with Gasteiger partial charge in [-0.1, -0.05) is 140 Å². The minimum atomic E-state index is 1.19. The molecule has 2 heteroatoms. The van der Waals surface area contributed by atoms with Crippen LogP contribution in [0.15, 0.2) is 164 Å². The van der Waals surface area contributed by atoms with E-state index in [1.54, 1.807) is 0 Å². The first-order valence-corrected chi connectivity index (χ1v) is 17.4. The number of nitrogens with one attached hydrogen (secondary N) is 1. The fourth-order valence-corrected chi connectivity index (χ4v) is 9.21. The monoisotopic (exact) mass is 632 g/mol. The quantitative estimate of drug-likeness (QED) is 0.200. The van der Waals surface area contributed by atoms with E-state index in [4.69, 9.17) is 0 Å². The lowest BCUT2D eigenvalue weighted by atomic mass is 9.91. The molecule has 12 rings (SSSR count). The molecule has 0 amide bonds. The van der Waals surface area contributed by atoms with Gasteiger partial charge in [-0.25, -0.2) is 0 Å². The van der Waals surface area contributed by atoms with E-state index >= 15 is 0 Å². The summed E-state index contributed by atoms with van der Waals surface area (Å²) in [5, 5.41) is 7.88. The summed E-state index contributed by atoms with van der Waals surface area (Å²) in [6, 6.07) is 60.4. The van der Waals surface area contributed by atoms with Gasteiger partial charge >= 0.3 is 0 Å². The number of hydrogen-bond acceptors (Lipinski definition) is 0. The summed E-state index contributed by atoms with van der Waals surface area (Å²) in [6.07, 6.45) is 0. The fraction of sp³-hybridized carbons (Fsp3) is 0. The Labute approximate surface area is 288 Å². The van der Waals surface area contributed by atoms with Gasteiger partial charge in [0.2, 0.25) is 0 Å². The molecule has 0 aliphatic heterocycles. The Bertz CT molecular complexity index is 3060. The minimum absolute atomic E-state index is 1.19. The number of rotatable bonds is 3. The largest absolute Gasteiger partial charge is 0.354 e. The third-order valence-electron chi connectivity index (χ3n) is 11.2. The van der Waals surface area contributed by atoms with Gasteiger partial charge in [-0.3, -0.25) is 0 Å². The molecule has 0 saturated carbocycles. The highest BCUT2D eigenvalue weighted by Crippen LogP contribution is 2.55. The summed E-state index contributed by atoms with van der Waals surface area (Å²) in [6.45, 7) is 0. The molecular formula is C48H28N2. The predicted octanol–water partition coefficient (Wildman–Crippen LogP) is 13.0. The maximum Gasteiger partial charge on any atom is 0.0626 e. The molecule has 1 N–H and O–H groups in total. The molecule has 2 heterocycles. The summed E-state index contributed by atoms with van der Waals surface area (Å²) in [5.41, 5.74) is 19.1. The van der Waals surface area contributed by atoms with Crippen LogP contribution in [0.1, 0.15) is 0 Å². The second-order valence-corrected chi connectivity index (χ2v) is 13.7. The van der Waals surface area contributed by atoms with Crippen LogP contribution in [0.4, 0.5) is 0 Å². The topological polar surface area (TPSA) is 20.7 Å². The summed E-state index contributed by atoms with van der Waals surface area (Å²) in [5.74, 6) is 0. The van der Waals surface area contributed by atoms with Crippen molar-refractivity contribution in [2.24, 2.45) is 0 Å². The highest BCUT2D eigenvalue weighted by molar-refractivity contribution is 6.25. The summed E-state index contributed by atoms with van der Waals surface area (Å²) in [7, 11) is 0. The molecule has 2 aliphatic rings. The van der Waals surface area contributed by atoms with Gasteiger partial charge in [0.25, 0.3) is 0 Å². The van der Waals surface area contributed by atoms with Gasteiger partial charge in [-0.15, -0.1) is 0 Å². The van der Waals surface area contributed by atoms with Crippen LogP contribution in [-0.4, -0.2) is 9.55 Å². The molecule has 2 nitrogen and oxygen atoms in total. The Kier molecular flexibility index (Phi) is 5.00. The second-order valence-electron chi connectivity index (χ2n) is 13.7. The Morgan fingerprint density at radius 3 is 1.66 bits per heavy atom. The van der Waals surface area contributed by atoms with Crippen LogP contribution in [0, 0.1) is 0 Å². The Morgan fingerprint density at radius 2 is 0.920 bits per heavy atom. The van der Waals surface area contributed by atoms with Crippen LogP contribution in [0.5, 0.6) is 0 Å². The van der Waals surface area contributed by atoms with Crippen molar-refractivity contribution in [1.82, 2.24) is 9.55 Å². The lowest BCUT2D eigenvalue weighted by Gasteiger charge is -2.14. The van der Waals surface area contributed by atoms with Crippen LogP contribution in [0.2, 0.25) is 0 Å². The lowest BCUT2D eigenvalue weighted by Crippen LogP contribution is -1.95. The van der Waals surface area contributed by atoms with Crippen molar-refractivity contribution in [2.75, 3.05) is 0 Å². The Hall–Kier alpha value is -6.64. The number of fused-ring (bicyclic) bond motifs is 10. The van der Waals surface area contributed by atoms with Crippen LogP contribution in [-0.2, 0) is 0 Å². The zero-order valence-corrected chi connectivity index (χ0v) is 27.0. The molecule has 10 aromatic rings. The van der Waals surface area contributed by atoms with Crippen molar-refractivity contribution in [3.05, 3.63) is 164 Å². The van der Waals surface area contributed by atoms with Crippen molar-refractivity contribution in [2.45, 2.75) is 0 Å². The van der Waals surface area contributed by atoms with Crippen molar-refractivity contribution in [1.29, 1.82) is 0 Å². The van der Waals surface area contributed by atoms with Gasteiger partial charge in [0.05, 0.1) is 16.9 Å². The van der Waals surface area contributed by atoms with Crippen molar-refractivity contribution in [3.63, 3.8) is 0 Å². The highest BCUT2D eigenvalue weighted by atomic mass is 15.0. The van der Waals surface area contributed by atoms with E-state index in [0.29, 0.717) is 0 Å². The van der Waals surface area contributed by atoms with Crippen LogP contribution >= 0.6 is 0 Å². The van der Waals surface area contributed by atoms with Gasteiger partial charge in [0.15, 0.2) is 0 Å². The number of benzene rings is 8. The van der Waals surface area contributed by atoms with Crippen LogP contribution in [0.25, 0.3) is 116 Å². The molecule has 0 spiro atoms. The average molecular weight is 633 g/mol. The second kappa shape index (κ2) is 9.49. The average Bonchev–Trinajstić information content (AvgIpc) is 3.91. The maximum absolute atomic E-state index is 3.72.